The molecule has 0 aliphatic heterocycles. The van der Waals surface area contributed by atoms with Gasteiger partial charge in [-0.3, -0.25) is 12.2 Å². The summed E-state index contributed by atoms with van der Waals surface area (Å²) >= 11 is 2.92. The van der Waals surface area contributed by atoms with Crippen LogP contribution in [0.1, 0.15) is 111 Å². The molecule has 4 heteroatoms. The van der Waals surface area contributed by atoms with Gasteiger partial charge in [-0.05, 0) is 0 Å². The van der Waals surface area contributed by atoms with E-state index >= 15 is 0 Å². The van der Waals surface area contributed by atoms with Crippen molar-refractivity contribution < 1.29 is 73.3 Å². The molecule has 0 aromatic heterocycles. The van der Waals surface area contributed by atoms with Gasteiger partial charge in [-0.2, -0.15) is 57.7 Å². The molecule has 316 valence electrons. The van der Waals surface area contributed by atoms with Crippen molar-refractivity contribution in [3.05, 3.63) is 249 Å². The van der Waals surface area contributed by atoms with Crippen molar-refractivity contribution in [2.45, 2.75) is 91.9 Å². The molecule has 0 atom stereocenters. The number of rotatable bonds is 4. The zero-order valence-electron chi connectivity index (χ0n) is 37.0. The third kappa shape index (κ3) is 18.0. The van der Waals surface area contributed by atoms with Crippen molar-refractivity contribution >= 4 is 6.41 Å². The van der Waals surface area contributed by atoms with E-state index in [0.717, 1.165) is 12.8 Å². The first-order chi connectivity index (χ1) is 29.3. The molecule has 0 saturated carbocycles. The van der Waals surface area contributed by atoms with Gasteiger partial charge in [0.15, 0.2) is 0 Å². The van der Waals surface area contributed by atoms with Gasteiger partial charge in [0.05, 0.1) is 0 Å². The number of allylic oxidation sites excluding steroid dienone is 8. The summed E-state index contributed by atoms with van der Waals surface area (Å²) in [5, 5.41) is 0. The standard InChI is InChI=1S/2C13H10.2C9H11.2C7H9.2ClH.2Zr/c2*1-3-7-12(8-4-1)11-13-9-5-2-6-10-13;2*1-2-5-9-7-3-6-8(9)4-1;2*1-6-4-3-5-7(6)2;;;;/h2*1-10H;2*3,6-7H,1-2,4-5H2;2*4H,5H2,1-2H3;2*1H;;/q;;4*-1;;;2*+2/p-2. The normalized spacial score (nSPS) is 13.8. The van der Waals surface area contributed by atoms with Gasteiger partial charge in [-0.15, -0.1) is 26.7 Å². The summed E-state index contributed by atoms with van der Waals surface area (Å²) in [6, 6.07) is 55.6. The van der Waals surface area contributed by atoms with Crippen LogP contribution in [0.15, 0.2) is 192 Å². The van der Waals surface area contributed by atoms with E-state index in [4.69, 9.17) is 0 Å². The summed E-state index contributed by atoms with van der Waals surface area (Å²) in [7, 11) is 0. The molecule has 4 aliphatic carbocycles. The van der Waals surface area contributed by atoms with Crippen LogP contribution >= 0.6 is 0 Å². The van der Waals surface area contributed by atoms with Crippen molar-refractivity contribution in [2.24, 2.45) is 0 Å². The Morgan fingerprint density at radius 3 is 0.935 bits per heavy atom. The summed E-state index contributed by atoms with van der Waals surface area (Å²) < 4.78 is 2.83. The molecule has 0 saturated heterocycles. The fourth-order valence-corrected chi connectivity index (χ4v) is 8.86. The minimum absolute atomic E-state index is 0. The summed E-state index contributed by atoms with van der Waals surface area (Å²) in [5.41, 5.74) is 17.4. The number of benzene rings is 4. The maximum absolute atomic E-state index is 3.12. The topological polar surface area (TPSA) is 0 Å². The Hall–Kier alpha value is -3.37. The van der Waals surface area contributed by atoms with Crippen LogP contribution < -0.4 is 24.8 Å². The zero-order valence-corrected chi connectivity index (χ0v) is 43.4. The smallest absolute Gasteiger partial charge is 0.0512 e. The Morgan fingerprint density at radius 2 is 0.710 bits per heavy atom. The predicted octanol–water partition coefficient (Wildman–Crippen LogP) is 8.35. The molecule has 0 fully saturated rings. The summed E-state index contributed by atoms with van der Waals surface area (Å²) in [6.45, 7) is 8.53. The van der Waals surface area contributed by atoms with E-state index in [1.165, 1.54) is 151 Å². The average molecular weight is 1010 g/mol. The number of fused-ring (bicyclic) bond motifs is 2. The van der Waals surface area contributed by atoms with Crippen LogP contribution in [-0.2, 0) is 74.2 Å². The molecule has 0 radical (unpaired) electrons. The molecule has 0 unspecified atom stereocenters. The predicted molar refractivity (Wildman–Crippen MR) is 251 cm³/mol. The van der Waals surface area contributed by atoms with Crippen LogP contribution in [-0.4, -0.2) is 6.41 Å². The molecule has 4 aliphatic rings. The molecule has 10 rings (SSSR count). The molecule has 0 nitrogen and oxygen atoms in total. The molecular weight excluding hydrogens is 950 g/mol. The first-order valence-corrected chi connectivity index (χ1v) is 24.1. The zero-order chi connectivity index (χ0) is 42.4. The van der Waals surface area contributed by atoms with Crippen molar-refractivity contribution in [1.82, 2.24) is 0 Å². The van der Waals surface area contributed by atoms with E-state index in [1.54, 1.807) is 22.3 Å². The van der Waals surface area contributed by atoms with Crippen LogP contribution in [0.3, 0.4) is 0 Å². The third-order valence-electron chi connectivity index (χ3n) is 11.3. The minimum atomic E-state index is 0. The monoisotopic (exact) mass is 1010 g/mol. The third-order valence-corrected chi connectivity index (χ3v) is 14.1. The van der Waals surface area contributed by atoms with Gasteiger partial charge in [-0.1, -0.05) is 65.2 Å². The molecule has 0 spiro atoms. The van der Waals surface area contributed by atoms with Gasteiger partial charge in [0.2, 0.25) is 0 Å². The van der Waals surface area contributed by atoms with Crippen LogP contribution in [0.25, 0.3) is 0 Å². The second-order valence-electron chi connectivity index (χ2n) is 15.8. The number of halogens is 2. The van der Waals surface area contributed by atoms with E-state index in [1.807, 2.05) is 0 Å². The van der Waals surface area contributed by atoms with Gasteiger partial charge >= 0.3 is 198 Å². The molecule has 6 aromatic rings. The summed E-state index contributed by atoms with van der Waals surface area (Å²) in [4.78, 5) is 0. The van der Waals surface area contributed by atoms with Gasteiger partial charge in [0.25, 0.3) is 0 Å². The summed E-state index contributed by atoms with van der Waals surface area (Å²) in [6.07, 6.45) is 23.3. The SMILES string of the molecule is CC1=C(C)C[C-]=C1.CC1=C(C)C[C-]=C1.[Cl-].[Cl-].[Zr+2]=[C](c1ccccc1)c1ccccc1.[Zr+2]=[C](c1ccccc1)c1ccccc1.c1cc2c([cH-]1)CCCC2.c1cc2c([cH-]1)CCCC2. The first kappa shape index (κ1) is 53.0. The van der Waals surface area contributed by atoms with E-state index in [0.29, 0.717) is 0 Å². The molecule has 0 N–H and O–H groups in total. The van der Waals surface area contributed by atoms with Crippen LogP contribution in [0, 0.1) is 12.2 Å². The molecule has 0 heterocycles. The van der Waals surface area contributed by atoms with Gasteiger partial charge < -0.3 is 24.8 Å². The molecule has 62 heavy (non-hydrogen) atoms. The van der Waals surface area contributed by atoms with Crippen LogP contribution in [0.4, 0.5) is 0 Å². The Balaban J connectivity index is 0.000000201. The second-order valence-corrected chi connectivity index (χ2v) is 18.2. The number of hydrogen-bond donors (Lipinski definition) is 0. The molecule has 6 aromatic carbocycles. The van der Waals surface area contributed by atoms with E-state index < -0.39 is 0 Å². The maximum atomic E-state index is 3.12. The van der Waals surface area contributed by atoms with Crippen molar-refractivity contribution in [3.8, 4) is 0 Å². The fraction of sp³-hybridized carbons (Fsp3) is 0.241. The van der Waals surface area contributed by atoms with Crippen molar-refractivity contribution in [2.75, 3.05) is 0 Å². The fourth-order valence-electron chi connectivity index (χ4n) is 7.22. The largest absolute Gasteiger partial charge is 0.210 e. The summed E-state index contributed by atoms with van der Waals surface area (Å²) in [5.74, 6) is 0. The van der Waals surface area contributed by atoms with Crippen molar-refractivity contribution in [1.29, 1.82) is 0 Å². The molecule has 0 amide bonds. The number of aryl methyl sites for hydroxylation is 4. The minimum Gasteiger partial charge on any atom is -0.210 e. The van der Waals surface area contributed by atoms with E-state index in [-0.39, 0.29) is 24.8 Å². The maximum Gasteiger partial charge on any atom is -0.0512 e. The van der Waals surface area contributed by atoms with Crippen LogP contribution in [0.5, 0.6) is 0 Å². The second kappa shape index (κ2) is 29.9. The van der Waals surface area contributed by atoms with E-state index in [9.17, 15) is 0 Å². The molecular formula is C58H60Cl2Zr2-2. The van der Waals surface area contributed by atoms with Gasteiger partial charge in [0, 0.05) is 0 Å². The van der Waals surface area contributed by atoms with Gasteiger partial charge in [-0.25, -0.2) is 35.4 Å². The Labute approximate surface area is 416 Å². The Morgan fingerprint density at radius 1 is 0.419 bits per heavy atom. The van der Waals surface area contributed by atoms with Crippen molar-refractivity contribution in [3.63, 3.8) is 0 Å². The van der Waals surface area contributed by atoms with Gasteiger partial charge in [0.1, 0.15) is 0 Å². The average Bonchev–Trinajstić information content (AvgIpc) is 4.15. The van der Waals surface area contributed by atoms with Crippen LogP contribution in [0.2, 0.25) is 0 Å². The first-order valence-electron chi connectivity index (χ1n) is 21.6. The molecule has 0 bridgehead atoms. The Kier molecular flexibility index (Phi) is 25.5. The Bertz CT molecular complexity index is 2030. The number of hydrogen-bond acceptors (Lipinski definition) is 0. The van der Waals surface area contributed by atoms with E-state index in [2.05, 4.69) is 210 Å². The quantitative estimate of drug-likeness (QED) is 0.156.